The van der Waals surface area contributed by atoms with Crippen molar-refractivity contribution in [1.82, 2.24) is 10.2 Å². The van der Waals surface area contributed by atoms with Crippen LogP contribution in [-0.4, -0.2) is 51.2 Å². The van der Waals surface area contributed by atoms with Gasteiger partial charge in [-0.3, -0.25) is 4.79 Å². The standard InChI is InChI=1S/2C5H11NO/c1-6-2-4-7-5-3-6;1-4(2)5(7)6-3/h2-5H2,1H3;4H,1-3H3,(H,6,7). The zero-order valence-electron chi connectivity index (χ0n) is 9.67. The minimum Gasteiger partial charge on any atom is -0.379 e. The molecule has 84 valence electrons. The fraction of sp³-hybridized carbons (Fsp3) is 0.900. The Morgan fingerprint density at radius 1 is 1.36 bits per heavy atom. The van der Waals surface area contributed by atoms with Crippen LogP contribution in [0.4, 0.5) is 0 Å². The molecule has 0 aromatic heterocycles. The van der Waals surface area contributed by atoms with Crippen molar-refractivity contribution < 1.29 is 9.53 Å². The fourth-order valence-electron chi connectivity index (χ4n) is 0.943. The zero-order valence-corrected chi connectivity index (χ0v) is 9.67. The van der Waals surface area contributed by atoms with Gasteiger partial charge in [-0.25, -0.2) is 0 Å². The second kappa shape index (κ2) is 7.76. The Kier molecular flexibility index (Phi) is 7.42. The predicted molar refractivity (Wildman–Crippen MR) is 57.2 cm³/mol. The smallest absolute Gasteiger partial charge is 0.222 e. The quantitative estimate of drug-likeness (QED) is 0.666. The topological polar surface area (TPSA) is 41.6 Å². The first-order chi connectivity index (χ1) is 6.57. The Labute approximate surface area is 86.6 Å². The molecule has 1 N–H and O–H groups in total. The summed E-state index contributed by atoms with van der Waals surface area (Å²) < 4.78 is 5.10. The van der Waals surface area contributed by atoms with E-state index in [1.54, 1.807) is 7.05 Å². The summed E-state index contributed by atoms with van der Waals surface area (Å²) in [5.74, 6) is 0.213. The van der Waals surface area contributed by atoms with E-state index in [9.17, 15) is 4.79 Å². The van der Waals surface area contributed by atoms with E-state index in [0.29, 0.717) is 0 Å². The highest BCUT2D eigenvalue weighted by Crippen LogP contribution is 1.89. The Bertz CT molecular complexity index is 154. The van der Waals surface area contributed by atoms with Crippen LogP contribution in [0.5, 0.6) is 0 Å². The number of ether oxygens (including phenoxy) is 1. The summed E-state index contributed by atoms with van der Waals surface area (Å²) in [5.41, 5.74) is 0. The van der Waals surface area contributed by atoms with Crippen LogP contribution in [0, 0.1) is 5.92 Å². The maximum atomic E-state index is 10.4. The molecule has 1 rings (SSSR count). The minimum absolute atomic E-state index is 0.0972. The highest BCUT2D eigenvalue weighted by atomic mass is 16.5. The summed E-state index contributed by atoms with van der Waals surface area (Å²) in [4.78, 5) is 12.7. The first-order valence-corrected chi connectivity index (χ1v) is 5.05. The van der Waals surface area contributed by atoms with Gasteiger partial charge in [0.2, 0.25) is 5.91 Å². The van der Waals surface area contributed by atoms with Crippen LogP contribution in [0.2, 0.25) is 0 Å². The zero-order chi connectivity index (χ0) is 11.0. The van der Waals surface area contributed by atoms with E-state index < -0.39 is 0 Å². The molecule has 4 heteroatoms. The molecule has 0 aromatic carbocycles. The Morgan fingerprint density at radius 3 is 2.00 bits per heavy atom. The highest BCUT2D eigenvalue weighted by Gasteiger charge is 2.02. The summed E-state index contributed by atoms with van der Waals surface area (Å²) in [7, 11) is 3.75. The van der Waals surface area contributed by atoms with Gasteiger partial charge in [0.1, 0.15) is 0 Å². The summed E-state index contributed by atoms with van der Waals surface area (Å²) in [6, 6.07) is 0. The number of nitrogens with zero attached hydrogens (tertiary/aromatic N) is 1. The molecule has 0 bridgehead atoms. The van der Waals surface area contributed by atoms with Crippen LogP contribution in [0.3, 0.4) is 0 Å². The van der Waals surface area contributed by atoms with Gasteiger partial charge in [-0.1, -0.05) is 13.8 Å². The van der Waals surface area contributed by atoms with Gasteiger partial charge in [0.15, 0.2) is 0 Å². The highest BCUT2D eigenvalue weighted by molar-refractivity contribution is 5.77. The molecule has 0 radical (unpaired) electrons. The molecule has 1 fully saturated rings. The van der Waals surface area contributed by atoms with E-state index in [1.165, 1.54) is 0 Å². The maximum absolute atomic E-state index is 10.4. The number of hydrogen-bond donors (Lipinski definition) is 1. The Hall–Kier alpha value is -0.610. The van der Waals surface area contributed by atoms with Gasteiger partial charge < -0.3 is 15.0 Å². The van der Waals surface area contributed by atoms with Gasteiger partial charge in [0, 0.05) is 26.1 Å². The Balaban J connectivity index is 0.000000241. The molecule has 1 aliphatic rings. The lowest BCUT2D eigenvalue weighted by Gasteiger charge is -2.21. The molecule has 0 aromatic rings. The molecule has 1 heterocycles. The largest absolute Gasteiger partial charge is 0.379 e. The fourth-order valence-corrected chi connectivity index (χ4v) is 0.943. The van der Waals surface area contributed by atoms with Crippen LogP contribution in [0.25, 0.3) is 0 Å². The lowest BCUT2D eigenvalue weighted by molar-refractivity contribution is -0.123. The van der Waals surface area contributed by atoms with E-state index in [4.69, 9.17) is 4.74 Å². The monoisotopic (exact) mass is 202 g/mol. The van der Waals surface area contributed by atoms with Gasteiger partial charge in [-0.15, -0.1) is 0 Å². The number of carbonyl (C=O) groups excluding carboxylic acids is 1. The summed E-state index contributed by atoms with van der Waals surface area (Å²) in [6.45, 7) is 7.74. The van der Waals surface area contributed by atoms with Crippen LogP contribution in [0.15, 0.2) is 0 Å². The lowest BCUT2D eigenvalue weighted by atomic mass is 10.2. The third-order valence-electron chi connectivity index (χ3n) is 2.01. The summed E-state index contributed by atoms with van der Waals surface area (Å²) >= 11 is 0. The molecular formula is C10H22N2O2. The SMILES string of the molecule is CN1CCOCC1.CNC(=O)C(C)C. The van der Waals surface area contributed by atoms with Crippen molar-refractivity contribution in [2.24, 2.45) is 5.92 Å². The molecule has 0 unspecified atom stereocenters. The maximum Gasteiger partial charge on any atom is 0.222 e. The number of morpholine rings is 1. The van der Waals surface area contributed by atoms with Crippen molar-refractivity contribution in [1.29, 1.82) is 0 Å². The van der Waals surface area contributed by atoms with Crippen LogP contribution < -0.4 is 5.32 Å². The van der Waals surface area contributed by atoms with E-state index in [0.717, 1.165) is 26.3 Å². The predicted octanol–water partition coefficient (Wildman–Crippen LogP) is 0.337. The molecule has 1 amide bonds. The van der Waals surface area contributed by atoms with Gasteiger partial charge in [-0.05, 0) is 7.05 Å². The van der Waals surface area contributed by atoms with Crippen molar-refractivity contribution in [3.05, 3.63) is 0 Å². The summed E-state index contributed by atoms with van der Waals surface area (Å²) in [6.07, 6.45) is 0. The molecule has 4 nitrogen and oxygen atoms in total. The van der Waals surface area contributed by atoms with E-state index in [1.807, 2.05) is 13.8 Å². The second-order valence-corrected chi connectivity index (χ2v) is 3.68. The lowest BCUT2D eigenvalue weighted by Crippen LogP contribution is -2.32. The van der Waals surface area contributed by atoms with Gasteiger partial charge in [0.25, 0.3) is 0 Å². The molecule has 0 spiro atoms. The molecule has 1 saturated heterocycles. The third kappa shape index (κ3) is 6.86. The molecule has 14 heavy (non-hydrogen) atoms. The van der Waals surface area contributed by atoms with E-state index in [-0.39, 0.29) is 11.8 Å². The van der Waals surface area contributed by atoms with E-state index in [2.05, 4.69) is 17.3 Å². The van der Waals surface area contributed by atoms with Gasteiger partial charge in [-0.2, -0.15) is 0 Å². The number of rotatable bonds is 1. The summed E-state index contributed by atoms with van der Waals surface area (Å²) in [5, 5.41) is 2.53. The first-order valence-electron chi connectivity index (χ1n) is 5.05. The van der Waals surface area contributed by atoms with Gasteiger partial charge >= 0.3 is 0 Å². The van der Waals surface area contributed by atoms with Crippen LogP contribution in [-0.2, 0) is 9.53 Å². The molecule has 0 aliphatic carbocycles. The average molecular weight is 202 g/mol. The number of hydrogen-bond acceptors (Lipinski definition) is 3. The van der Waals surface area contributed by atoms with Crippen LogP contribution >= 0.6 is 0 Å². The first kappa shape index (κ1) is 13.4. The number of carbonyl (C=O) groups is 1. The van der Waals surface area contributed by atoms with Crippen molar-refractivity contribution in [2.45, 2.75) is 13.8 Å². The number of amides is 1. The number of nitrogens with one attached hydrogen (secondary N) is 1. The minimum atomic E-state index is 0.0972. The second-order valence-electron chi connectivity index (χ2n) is 3.68. The average Bonchev–Trinajstić information content (AvgIpc) is 2.18. The normalized spacial score (nSPS) is 17.2. The van der Waals surface area contributed by atoms with Crippen molar-refractivity contribution >= 4 is 5.91 Å². The number of likely N-dealkylation sites (N-methyl/N-ethyl adjacent to an activating group) is 1. The third-order valence-corrected chi connectivity index (χ3v) is 2.01. The van der Waals surface area contributed by atoms with Gasteiger partial charge in [0.05, 0.1) is 13.2 Å². The van der Waals surface area contributed by atoms with E-state index >= 15 is 0 Å². The molecular weight excluding hydrogens is 180 g/mol. The van der Waals surface area contributed by atoms with Crippen molar-refractivity contribution in [3.63, 3.8) is 0 Å². The molecule has 0 atom stereocenters. The van der Waals surface area contributed by atoms with Crippen LogP contribution in [0.1, 0.15) is 13.8 Å². The molecule has 0 saturated carbocycles. The van der Waals surface area contributed by atoms with Crippen molar-refractivity contribution in [2.75, 3.05) is 40.4 Å². The molecule has 1 aliphatic heterocycles. The Morgan fingerprint density at radius 2 is 1.86 bits per heavy atom. The van der Waals surface area contributed by atoms with Crippen molar-refractivity contribution in [3.8, 4) is 0 Å².